The van der Waals surface area contributed by atoms with Crippen LogP contribution < -0.4 is 10.6 Å². The summed E-state index contributed by atoms with van der Waals surface area (Å²) in [5.41, 5.74) is 2.76. The highest BCUT2D eigenvalue weighted by Gasteiger charge is 2.29. The normalized spacial score (nSPS) is 15.3. The van der Waals surface area contributed by atoms with Gasteiger partial charge in [0.25, 0.3) is 5.91 Å². The van der Waals surface area contributed by atoms with Crippen LogP contribution in [0.15, 0.2) is 41.6 Å². The van der Waals surface area contributed by atoms with E-state index in [4.69, 9.17) is 5.41 Å². The van der Waals surface area contributed by atoms with Gasteiger partial charge in [-0.15, -0.1) is 4.91 Å². The van der Waals surface area contributed by atoms with E-state index < -0.39 is 0 Å². The number of nitrogens with zero attached hydrogens (tertiary/aromatic N) is 3. The minimum Gasteiger partial charge on any atom is -0.507 e. The molecule has 3 aromatic rings. The molecule has 0 bridgehead atoms. The van der Waals surface area contributed by atoms with Gasteiger partial charge in [-0.3, -0.25) is 10.2 Å². The van der Waals surface area contributed by atoms with Crippen LogP contribution in [-0.4, -0.2) is 37.3 Å². The zero-order valence-electron chi connectivity index (χ0n) is 19.6. The summed E-state index contributed by atoms with van der Waals surface area (Å²) in [6, 6.07) is 9.88. The van der Waals surface area contributed by atoms with Crippen molar-refractivity contribution in [2.45, 2.75) is 45.3 Å². The first-order valence-electron chi connectivity index (χ1n) is 11.7. The minimum absolute atomic E-state index is 0.0747. The van der Waals surface area contributed by atoms with E-state index in [2.05, 4.69) is 20.2 Å². The van der Waals surface area contributed by atoms with Crippen molar-refractivity contribution >= 4 is 39.7 Å². The van der Waals surface area contributed by atoms with Gasteiger partial charge in [-0.2, -0.15) is 4.37 Å². The largest absolute Gasteiger partial charge is 0.507 e. The fraction of sp³-hybridized carbons (Fsp3) is 0.320. The number of nitrogens with one attached hydrogen (secondary N) is 3. The van der Waals surface area contributed by atoms with Crippen LogP contribution in [0, 0.1) is 16.2 Å². The molecule has 1 aliphatic carbocycles. The van der Waals surface area contributed by atoms with E-state index >= 15 is 0 Å². The molecule has 1 saturated carbocycles. The van der Waals surface area contributed by atoms with E-state index in [1.807, 2.05) is 13.0 Å². The summed E-state index contributed by atoms with van der Waals surface area (Å²) < 4.78 is 3.97. The molecule has 5 N–H and O–H groups in total. The van der Waals surface area contributed by atoms with Crippen molar-refractivity contribution in [2.75, 3.05) is 5.32 Å². The van der Waals surface area contributed by atoms with Crippen LogP contribution in [-0.2, 0) is 13.1 Å². The standard InChI is InChI=1S/C25H26N6O4S/c1-13(9-14-5-6-14)27-22(26)21-23(33)30-36-24(21)28-16-7-8-17(20(32)10-16)25(34)31-11-15-3-2-4-19(29-35)18(15)12-31/h2-4,7-8,10,13-14,28,32H,5-6,9,11-12H2,1H3,(H2,26,27)(H,30,33). The summed E-state index contributed by atoms with van der Waals surface area (Å²) >= 11 is 1.00. The van der Waals surface area contributed by atoms with Crippen molar-refractivity contribution in [2.24, 2.45) is 11.1 Å². The highest BCUT2D eigenvalue weighted by molar-refractivity contribution is 7.11. The van der Waals surface area contributed by atoms with Crippen LogP contribution in [0.2, 0.25) is 0 Å². The Kier molecular flexibility index (Phi) is 6.31. The lowest BCUT2D eigenvalue weighted by Gasteiger charge is -2.17. The fourth-order valence-electron chi connectivity index (χ4n) is 4.55. The first-order chi connectivity index (χ1) is 17.3. The van der Waals surface area contributed by atoms with Gasteiger partial charge in [0.1, 0.15) is 27.8 Å². The number of hydrogen-bond donors (Lipinski definition) is 5. The summed E-state index contributed by atoms with van der Waals surface area (Å²) in [6.07, 6.45) is 3.42. The number of nitroso groups, excluding NO2 is 1. The third-order valence-electron chi connectivity index (χ3n) is 6.53. The van der Waals surface area contributed by atoms with Crippen molar-refractivity contribution < 1.29 is 15.0 Å². The molecule has 11 heteroatoms. The number of hydrogen-bond acceptors (Lipinski definition) is 9. The van der Waals surface area contributed by atoms with Crippen LogP contribution in [0.3, 0.4) is 0 Å². The Labute approximate surface area is 211 Å². The van der Waals surface area contributed by atoms with E-state index in [0.29, 0.717) is 28.8 Å². The second-order valence-electron chi connectivity index (χ2n) is 9.33. The molecule has 1 amide bonds. The Balaban J connectivity index is 1.29. The second-order valence-corrected chi connectivity index (χ2v) is 10.1. The summed E-state index contributed by atoms with van der Waals surface area (Å²) in [5.74, 6) is -0.0389. The number of amides is 1. The lowest BCUT2D eigenvalue weighted by molar-refractivity contribution is 0.0748. The molecule has 36 heavy (non-hydrogen) atoms. The van der Waals surface area contributed by atoms with Gasteiger partial charge < -0.3 is 25.7 Å². The van der Waals surface area contributed by atoms with E-state index in [1.54, 1.807) is 23.1 Å². The number of rotatable bonds is 8. The van der Waals surface area contributed by atoms with Gasteiger partial charge >= 0.3 is 0 Å². The number of carbonyl (C=O) groups is 1. The monoisotopic (exact) mass is 506 g/mol. The fourth-order valence-corrected chi connectivity index (χ4v) is 5.27. The van der Waals surface area contributed by atoms with E-state index in [0.717, 1.165) is 29.1 Å². The molecule has 1 fully saturated rings. The Morgan fingerprint density at radius 3 is 2.81 bits per heavy atom. The Morgan fingerprint density at radius 2 is 2.08 bits per heavy atom. The van der Waals surface area contributed by atoms with Crippen molar-refractivity contribution in [1.29, 1.82) is 5.41 Å². The highest BCUT2D eigenvalue weighted by atomic mass is 32.1. The third-order valence-corrected chi connectivity index (χ3v) is 7.28. The highest BCUT2D eigenvalue weighted by Crippen LogP contribution is 2.37. The van der Waals surface area contributed by atoms with Crippen molar-refractivity contribution in [1.82, 2.24) is 14.6 Å². The first-order valence-corrected chi connectivity index (χ1v) is 12.5. The molecule has 2 aliphatic rings. The number of aromatic nitrogens is 1. The molecule has 2 aromatic carbocycles. The quantitative estimate of drug-likeness (QED) is 0.165. The minimum atomic E-state index is -0.362. The van der Waals surface area contributed by atoms with Gasteiger partial charge in [0.05, 0.1) is 5.56 Å². The van der Waals surface area contributed by atoms with Gasteiger partial charge in [-0.05, 0) is 59.7 Å². The maximum absolute atomic E-state index is 13.1. The number of fused-ring (bicyclic) bond motifs is 1. The maximum Gasteiger partial charge on any atom is 0.258 e. The van der Waals surface area contributed by atoms with Gasteiger partial charge in [0, 0.05) is 36.4 Å². The van der Waals surface area contributed by atoms with Crippen molar-refractivity contribution in [3.63, 3.8) is 0 Å². The molecule has 1 aliphatic heterocycles. The predicted molar refractivity (Wildman–Crippen MR) is 137 cm³/mol. The summed E-state index contributed by atoms with van der Waals surface area (Å²) in [7, 11) is 0. The predicted octanol–water partition coefficient (Wildman–Crippen LogP) is 4.96. The number of amidine groups is 1. The van der Waals surface area contributed by atoms with Gasteiger partial charge in [0.15, 0.2) is 0 Å². The van der Waals surface area contributed by atoms with Gasteiger partial charge in [-0.1, -0.05) is 25.0 Å². The summed E-state index contributed by atoms with van der Waals surface area (Å²) in [4.78, 5) is 25.7. The van der Waals surface area contributed by atoms with Crippen LogP contribution in [0.1, 0.15) is 53.2 Å². The number of phenols is 1. The van der Waals surface area contributed by atoms with E-state index in [1.165, 1.54) is 25.0 Å². The second kappa shape index (κ2) is 9.57. The van der Waals surface area contributed by atoms with Crippen molar-refractivity contribution in [3.05, 3.63) is 63.6 Å². The topological polar surface area (TPSA) is 151 Å². The average molecular weight is 507 g/mol. The summed E-state index contributed by atoms with van der Waals surface area (Å²) in [5, 5.41) is 39.0. The third kappa shape index (κ3) is 4.74. The van der Waals surface area contributed by atoms with Crippen LogP contribution in [0.4, 0.5) is 16.4 Å². The lowest BCUT2D eigenvalue weighted by Crippen LogP contribution is -2.33. The van der Waals surface area contributed by atoms with Crippen LogP contribution in [0.5, 0.6) is 11.6 Å². The zero-order valence-corrected chi connectivity index (χ0v) is 20.4. The SMILES string of the molecule is CC(CC1CC1)NC(=N)c1c(O)nsc1Nc1ccc(C(=O)N2Cc3cccc(N=O)c3C2)c(O)c1. The molecule has 186 valence electrons. The van der Waals surface area contributed by atoms with E-state index in [-0.39, 0.29) is 47.1 Å². The smallest absolute Gasteiger partial charge is 0.258 e. The van der Waals surface area contributed by atoms with Crippen LogP contribution in [0.25, 0.3) is 0 Å². The van der Waals surface area contributed by atoms with Gasteiger partial charge in [-0.25, -0.2) is 0 Å². The number of benzene rings is 2. The zero-order chi connectivity index (χ0) is 25.4. The molecular weight excluding hydrogens is 480 g/mol. The van der Waals surface area contributed by atoms with Crippen LogP contribution >= 0.6 is 11.5 Å². The molecule has 2 heterocycles. The number of anilines is 2. The molecule has 1 aromatic heterocycles. The first kappa shape index (κ1) is 23.7. The molecule has 0 spiro atoms. The number of aromatic hydroxyl groups is 2. The maximum atomic E-state index is 13.1. The number of phenolic OH excluding ortho intramolecular Hbond substituents is 1. The molecule has 10 nitrogen and oxygen atoms in total. The Bertz CT molecular complexity index is 1350. The Hall–Kier alpha value is -3.99. The molecule has 1 atom stereocenters. The Morgan fingerprint density at radius 1 is 1.28 bits per heavy atom. The molecule has 0 radical (unpaired) electrons. The lowest BCUT2D eigenvalue weighted by atomic mass is 10.1. The summed E-state index contributed by atoms with van der Waals surface area (Å²) in [6.45, 7) is 2.59. The van der Waals surface area contributed by atoms with E-state index in [9.17, 15) is 19.9 Å². The average Bonchev–Trinajstić information content (AvgIpc) is 3.42. The molecule has 1 unspecified atom stereocenters. The van der Waals surface area contributed by atoms with Gasteiger partial charge in [0.2, 0.25) is 5.88 Å². The molecule has 5 rings (SSSR count). The molecule has 0 saturated heterocycles. The number of carbonyl (C=O) groups excluding carboxylic acids is 1. The van der Waals surface area contributed by atoms with Crippen molar-refractivity contribution in [3.8, 4) is 11.6 Å². The molecular formula is C25H26N6O4S.